The average Bonchev–Trinajstić information content (AvgIpc) is 3.51. The van der Waals surface area contributed by atoms with Gasteiger partial charge in [0.05, 0.1) is 17.3 Å². The van der Waals surface area contributed by atoms with E-state index in [0.717, 1.165) is 46.8 Å². The van der Waals surface area contributed by atoms with Crippen molar-refractivity contribution in [2.75, 3.05) is 13.1 Å². The third-order valence-corrected chi connectivity index (χ3v) is 7.26. The molecule has 1 unspecified atom stereocenters. The Hall–Kier alpha value is -4.11. The molecule has 4 aromatic rings. The standard InChI is InChI=1S/C27H24ClN7O2/c1-17-3-6-23-19(11-17)12-24(30-23)22(14-27(36)33-9-2-10-33)26-7-4-18(15-35(26)37)21-13-20(28)5-8-25(21)34-16-29-31-32-34/h3-8,11,13,15-16,22H,2,9-10,12,14H2,1H3. The number of aromatic nitrogens is 5. The van der Waals surface area contributed by atoms with Crippen LogP contribution in [-0.4, -0.2) is 49.8 Å². The molecule has 37 heavy (non-hydrogen) atoms. The zero-order valence-corrected chi connectivity index (χ0v) is 21.0. The van der Waals surface area contributed by atoms with Crippen molar-refractivity contribution in [2.45, 2.75) is 32.1 Å². The molecule has 186 valence electrons. The van der Waals surface area contributed by atoms with Crippen LogP contribution in [0.3, 0.4) is 0 Å². The van der Waals surface area contributed by atoms with Crippen molar-refractivity contribution in [3.63, 3.8) is 0 Å². The zero-order chi connectivity index (χ0) is 25.5. The van der Waals surface area contributed by atoms with Crippen LogP contribution in [0.15, 0.2) is 66.0 Å². The van der Waals surface area contributed by atoms with Crippen LogP contribution in [0.5, 0.6) is 0 Å². The molecule has 9 nitrogen and oxygen atoms in total. The van der Waals surface area contributed by atoms with E-state index >= 15 is 0 Å². The largest absolute Gasteiger partial charge is 0.618 e. The van der Waals surface area contributed by atoms with E-state index in [1.165, 1.54) is 17.2 Å². The molecule has 6 rings (SSSR count). The summed E-state index contributed by atoms with van der Waals surface area (Å²) in [5.74, 6) is -0.378. The third kappa shape index (κ3) is 4.46. The van der Waals surface area contributed by atoms with Gasteiger partial charge in [0, 0.05) is 53.9 Å². The Morgan fingerprint density at radius 1 is 1.16 bits per heavy atom. The summed E-state index contributed by atoms with van der Waals surface area (Å²) in [6, 6.07) is 15.1. The summed E-state index contributed by atoms with van der Waals surface area (Å²) in [5.41, 5.74) is 6.58. The van der Waals surface area contributed by atoms with Crippen LogP contribution in [-0.2, 0) is 11.2 Å². The van der Waals surface area contributed by atoms with Crippen LogP contribution in [0.25, 0.3) is 16.8 Å². The van der Waals surface area contributed by atoms with Crippen LogP contribution in [0.4, 0.5) is 5.69 Å². The number of aliphatic imine (C=N–C) groups is 1. The molecule has 2 aliphatic rings. The quantitative estimate of drug-likeness (QED) is 0.287. The minimum atomic E-state index is -0.425. The molecule has 0 bridgehead atoms. The lowest BCUT2D eigenvalue weighted by Gasteiger charge is -2.32. The molecule has 0 spiro atoms. The second kappa shape index (κ2) is 9.40. The van der Waals surface area contributed by atoms with Gasteiger partial charge in [-0.1, -0.05) is 29.3 Å². The molecule has 2 aliphatic heterocycles. The van der Waals surface area contributed by atoms with Gasteiger partial charge in [-0.15, -0.1) is 5.10 Å². The van der Waals surface area contributed by atoms with Gasteiger partial charge in [0.1, 0.15) is 6.33 Å². The molecule has 1 fully saturated rings. The fraction of sp³-hybridized carbons (Fsp3) is 0.259. The highest BCUT2D eigenvalue weighted by molar-refractivity contribution is 6.31. The Kier molecular flexibility index (Phi) is 5.92. The van der Waals surface area contributed by atoms with Gasteiger partial charge in [-0.2, -0.15) is 9.41 Å². The van der Waals surface area contributed by atoms with Gasteiger partial charge in [-0.3, -0.25) is 9.79 Å². The first kappa shape index (κ1) is 23.3. The molecule has 0 aliphatic carbocycles. The van der Waals surface area contributed by atoms with Crippen molar-refractivity contribution in [3.05, 3.63) is 88.1 Å². The minimum Gasteiger partial charge on any atom is -0.618 e. The van der Waals surface area contributed by atoms with Crippen LogP contribution in [0.1, 0.15) is 35.6 Å². The lowest BCUT2D eigenvalue weighted by Crippen LogP contribution is -2.44. The molecule has 10 heteroatoms. The van der Waals surface area contributed by atoms with E-state index in [-0.39, 0.29) is 12.3 Å². The first-order valence-corrected chi connectivity index (χ1v) is 12.6. The Labute approximate surface area is 218 Å². The van der Waals surface area contributed by atoms with E-state index in [1.54, 1.807) is 24.3 Å². The van der Waals surface area contributed by atoms with Crippen LogP contribution in [0.2, 0.25) is 5.02 Å². The highest BCUT2D eigenvalue weighted by atomic mass is 35.5. The van der Waals surface area contributed by atoms with Crippen molar-refractivity contribution in [1.29, 1.82) is 0 Å². The van der Waals surface area contributed by atoms with E-state index in [0.29, 0.717) is 34.0 Å². The predicted molar refractivity (Wildman–Crippen MR) is 139 cm³/mol. The van der Waals surface area contributed by atoms with Gasteiger partial charge in [-0.05, 0) is 59.7 Å². The lowest BCUT2D eigenvalue weighted by atomic mass is 9.90. The van der Waals surface area contributed by atoms with Crippen LogP contribution < -0.4 is 4.73 Å². The third-order valence-electron chi connectivity index (χ3n) is 7.03. The molecular formula is C27H24ClN7O2. The molecule has 4 heterocycles. The lowest BCUT2D eigenvalue weighted by molar-refractivity contribution is -0.614. The summed E-state index contributed by atoms with van der Waals surface area (Å²) in [6.45, 7) is 3.58. The first-order chi connectivity index (χ1) is 18.0. The van der Waals surface area contributed by atoms with Crippen LogP contribution in [0, 0.1) is 12.1 Å². The maximum absolute atomic E-state index is 13.5. The van der Waals surface area contributed by atoms with Crippen molar-refractivity contribution in [3.8, 4) is 16.8 Å². The number of carbonyl (C=O) groups is 1. The van der Waals surface area contributed by atoms with E-state index < -0.39 is 5.92 Å². The molecule has 0 radical (unpaired) electrons. The van der Waals surface area contributed by atoms with Gasteiger partial charge in [0.2, 0.25) is 11.6 Å². The number of aryl methyl sites for hydroxylation is 1. The number of hydrogen-bond acceptors (Lipinski definition) is 6. The number of halogens is 1. The smallest absolute Gasteiger partial charge is 0.223 e. The van der Waals surface area contributed by atoms with Crippen molar-refractivity contribution in [1.82, 2.24) is 25.1 Å². The second-order valence-corrected chi connectivity index (χ2v) is 9.92. The van der Waals surface area contributed by atoms with Gasteiger partial charge in [0.15, 0.2) is 6.20 Å². The number of tetrazole rings is 1. The van der Waals surface area contributed by atoms with Gasteiger partial charge < -0.3 is 10.1 Å². The number of nitrogens with zero attached hydrogens (tertiary/aromatic N) is 7. The molecule has 1 saturated heterocycles. The normalized spacial score (nSPS) is 15.2. The zero-order valence-electron chi connectivity index (χ0n) is 20.2. The minimum absolute atomic E-state index is 0.0472. The first-order valence-electron chi connectivity index (χ1n) is 12.2. The van der Waals surface area contributed by atoms with Gasteiger partial charge >= 0.3 is 0 Å². The molecule has 2 aromatic carbocycles. The number of hydrogen-bond donors (Lipinski definition) is 0. The van der Waals surface area contributed by atoms with Crippen molar-refractivity contribution >= 4 is 28.9 Å². The van der Waals surface area contributed by atoms with E-state index in [9.17, 15) is 10.0 Å². The van der Waals surface area contributed by atoms with Crippen molar-refractivity contribution in [2.24, 2.45) is 4.99 Å². The van der Waals surface area contributed by atoms with Crippen molar-refractivity contribution < 1.29 is 9.52 Å². The van der Waals surface area contributed by atoms with Crippen LogP contribution >= 0.6 is 11.6 Å². The maximum atomic E-state index is 13.5. The number of pyridine rings is 1. The monoisotopic (exact) mass is 513 g/mol. The highest BCUT2D eigenvalue weighted by Crippen LogP contribution is 2.35. The molecule has 2 aromatic heterocycles. The average molecular weight is 514 g/mol. The second-order valence-electron chi connectivity index (χ2n) is 9.49. The Bertz CT molecular complexity index is 1530. The fourth-order valence-electron chi connectivity index (χ4n) is 4.95. The molecular weight excluding hydrogens is 490 g/mol. The SMILES string of the molecule is Cc1ccc2c(c1)CC(C(CC(=O)N1CCC1)c1ccc(-c3cc(Cl)ccc3-n3cnnn3)c[n+]1[O-])=N2. The summed E-state index contributed by atoms with van der Waals surface area (Å²) in [4.78, 5) is 19.7. The summed E-state index contributed by atoms with van der Waals surface area (Å²) in [5, 5.41) is 25.4. The molecule has 1 atom stereocenters. The van der Waals surface area contributed by atoms with E-state index in [4.69, 9.17) is 16.6 Å². The number of benzene rings is 2. The summed E-state index contributed by atoms with van der Waals surface area (Å²) >= 11 is 6.29. The number of carbonyl (C=O) groups excluding carboxylic acids is 1. The van der Waals surface area contributed by atoms with E-state index in [2.05, 4.69) is 21.6 Å². The predicted octanol–water partition coefficient (Wildman–Crippen LogP) is 3.96. The number of likely N-dealkylation sites (tertiary alicyclic amines) is 1. The molecule has 0 saturated carbocycles. The Morgan fingerprint density at radius 2 is 2.03 bits per heavy atom. The summed E-state index contributed by atoms with van der Waals surface area (Å²) < 4.78 is 2.38. The maximum Gasteiger partial charge on any atom is 0.223 e. The van der Waals surface area contributed by atoms with Gasteiger partial charge in [-0.25, -0.2) is 0 Å². The van der Waals surface area contributed by atoms with E-state index in [1.807, 2.05) is 30.0 Å². The Morgan fingerprint density at radius 3 is 2.76 bits per heavy atom. The number of rotatable bonds is 6. The fourth-order valence-corrected chi connectivity index (χ4v) is 5.12. The molecule has 0 N–H and O–H groups in total. The highest BCUT2D eigenvalue weighted by Gasteiger charge is 2.34. The summed E-state index contributed by atoms with van der Waals surface area (Å²) in [7, 11) is 0. The van der Waals surface area contributed by atoms with Gasteiger partial charge in [0.25, 0.3) is 0 Å². The molecule has 1 amide bonds. The number of fused-ring (bicyclic) bond motifs is 1. The topological polar surface area (TPSA) is 103 Å². The summed E-state index contributed by atoms with van der Waals surface area (Å²) in [6.07, 6.45) is 4.85. The Balaban J connectivity index is 1.38. The number of amides is 1.